The molecule has 3 rings (SSSR count). The molecular formula is C16H15BrO2S. The Hall–Kier alpha value is -1.13. The summed E-state index contributed by atoms with van der Waals surface area (Å²) in [5.41, 5.74) is 2.80. The van der Waals surface area contributed by atoms with Crippen molar-refractivity contribution in [3.05, 3.63) is 50.1 Å². The molecule has 104 valence electrons. The Balaban J connectivity index is 1.65. The zero-order chi connectivity index (χ0) is 13.9. The summed E-state index contributed by atoms with van der Waals surface area (Å²) in [5.74, 6) is 0.827. The molecule has 1 aromatic carbocycles. The molecule has 0 fully saturated rings. The highest BCUT2D eigenvalue weighted by Crippen LogP contribution is 2.26. The number of fused-ring (bicyclic) bond motifs is 1. The van der Waals surface area contributed by atoms with E-state index in [2.05, 4.69) is 28.1 Å². The number of ether oxygens (including phenoxy) is 1. The fraction of sp³-hybridized carbons (Fsp3) is 0.312. The van der Waals surface area contributed by atoms with Gasteiger partial charge in [0.15, 0.2) is 6.61 Å². The van der Waals surface area contributed by atoms with Crippen LogP contribution in [0.3, 0.4) is 0 Å². The van der Waals surface area contributed by atoms with E-state index < -0.39 is 0 Å². The molecule has 1 heterocycles. The van der Waals surface area contributed by atoms with Crippen molar-refractivity contribution in [2.45, 2.75) is 25.7 Å². The molecule has 4 heteroatoms. The van der Waals surface area contributed by atoms with Crippen molar-refractivity contribution in [1.29, 1.82) is 0 Å². The van der Waals surface area contributed by atoms with Crippen LogP contribution in [-0.2, 0) is 12.8 Å². The van der Waals surface area contributed by atoms with Gasteiger partial charge >= 0.3 is 0 Å². The molecule has 0 aliphatic heterocycles. The van der Waals surface area contributed by atoms with Gasteiger partial charge in [-0.3, -0.25) is 4.79 Å². The van der Waals surface area contributed by atoms with Gasteiger partial charge in [-0.25, -0.2) is 0 Å². The van der Waals surface area contributed by atoms with Gasteiger partial charge in [-0.05, 0) is 77.0 Å². The molecule has 2 aromatic rings. The highest BCUT2D eigenvalue weighted by atomic mass is 79.9. The Kier molecular flexibility index (Phi) is 4.22. The molecule has 0 unspecified atom stereocenters. The average Bonchev–Trinajstić information content (AvgIpc) is 2.91. The molecule has 0 saturated heterocycles. The lowest BCUT2D eigenvalue weighted by molar-refractivity contribution is 0.0925. The van der Waals surface area contributed by atoms with E-state index in [4.69, 9.17) is 4.74 Å². The van der Waals surface area contributed by atoms with Crippen LogP contribution in [0, 0.1) is 0 Å². The first-order chi connectivity index (χ1) is 9.72. The van der Waals surface area contributed by atoms with Gasteiger partial charge in [0.05, 0.1) is 8.66 Å². The van der Waals surface area contributed by atoms with Gasteiger partial charge in [-0.15, -0.1) is 11.3 Å². The van der Waals surface area contributed by atoms with Crippen LogP contribution in [0.4, 0.5) is 0 Å². The number of carbonyl (C=O) groups excluding carboxylic acids is 1. The molecule has 1 aliphatic rings. The third kappa shape index (κ3) is 3.13. The number of ketones is 1. The maximum Gasteiger partial charge on any atom is 0.210 e. The van der Waals surface area contributed by atoms with Crippen LogP contribution in [0.25, 0.3) is 0 Å². The van der Waals surface area contributed by atoms with Crippen molar-refractivity contribution >= 4 is 33.0 Å². The molecule has 1 aromatic heterocycles. The summed E-state index contributed by atoms with van der Waals surface area (Å²) in [6, 6.07) is 9.91. The third-order valence-electron chi connectivity index (χ3n) is 3.54. The van der Waals surface area contributed by atoms with E-state index in [1.54, 1.807) is 0 Å². The fourth-order valence-corrected chi connectivity index (χ4v) is 3.79. The average molecular weight is 351 g/mol. The van der Waals surface area contributed by atoms with Gasteiger partial charge in [0, 0.05) is 0 Å². The Bertz CT molecular complexity index is 633. The summed E-state index contributed by atoms with van der Waals surface area (Å²) < 4.78 is 6.61. The number of carbonyl (C=O) groups is 1. The Morgan fingerprint density at radius 1 is 1.15 bits per heavy atom. The van der Waals surface area contributed by atoms with Crippen LogP contribution < -0.4 is 4.74 Å². The molecule has 0 spiro atoms. The minimum atomic E-state index is 0.0263. The van der Waals surface area contributed by atoms with Gasteiger partial charge in [0.2, 0.25) is 5.78 Å². The SMILES string of the molecule is O=C(COc1ccc2c(c1)CCCC2)c1ccc(Br)s1. The second-order valence-corrected chi connectivity index (χ2v) is 7.42. The van der Waals surface area contributed by atoms with E-state index in [-0.39, 0.29) is 12.4 Å². The predicted octanol–water partition coefficient (Wildman–Crippen LogP) is 4.65. The Labute approximate surface area is 130 Å². The van der Waals surface area contributed by atoms with Crippen LogP contribution in [0.2, 0.25) is 0 Å². The highest BCUT2D eigenvalue weighted by Gasteiger charge is 2.12. The monoisotopic (exact) mass is 350 g/mol. The lowest BCUT2D eigenvalue weighted by atomic mass is 9.92. The smallest absolute Gasteiger partial charge is 0.210 e. The zero-order valence-electron chi connectivity index (χ0n) is 11.0. The van der Waals surface area contributed by atoms with Crippen molar-refractivity contribution in [1.82, 2.24) is 0 Å². The number of hydrogen-bond donors (Lipinski definition) is 0. The maximum absolute atomic E-state index is 12.0. The molecule has 0 radical (unpaired) electrons. The van der Waals surface area contributed by atoms with Crippen molar-refractivity contribution in [3.63, 3.8) is 0 Å². The maximum atomic E-state index is 12.0. The normalized spacial score (nSPS) is 13.8. The van der Waals surface area contributed by atoms with Crippen LogP contribution in [0.5, 0.6) is 5.75 Å². The molecule has 2 nitrogen and oxygen atoms in total. The second-order valence-electron chi connectivity index (χ2n) is 4.95. The van der Waals surface area contributed by atoms with E-state index in [9.17, 15) is 4.79 Å². The van der Waals surface area contributed by atoms with Gasteiger partial charge < -0.3 is 4.74 Å². The van der Waals surface area contributed by atoms with Gasteiger partial charge in [-0.1, -0.05) is 6.07 Å². The highest BCUT2D eigenvalue weighted by molar-refractivity contribution is 9.11. The summed E-state index contributed by atoms with van der Waals surface area (Å²) in [5, 5.41) is 0. The number of rotatable bonds is 4. The van der Waals surface area contributed by atoms with Gasteiger partial charge in [-0.2, -0.15) is 0 Å². The van der Waals surface area contributed by atoms with E-state index in [0.29, 0.717) is 0 Å². The van der Waals surface area contributed by atoms with E-state index in [1.807, 2.05) is 18.2 Å². The summed E-state index contributed by atoms with van der Waals surface area (Å²) >= 11 is 4.80. The van der Waals surface area contributed by atoms with Crippen molar-refractivity contribution in [2.24, 2.45) is 0 Å². The van der Waals surface area contributed by atoms with Gasteiger partial charge in [0.25, 0.3) is 0 Å². The lowest BCUT2D eigenvalue weighted by Gasteiger charge is -2.16. The third-order valence-corrected chi connectivity index (χ3v) is 5.20. The van der Waals surface area contributed by atoms with Crippen molar-refractivity contribution in [3.8, 4) is 5.75 Å². The first kappa shape index (κ1) is 13.8. The molecular weight excluding hydrogens is 336 g/mol. The number of aryl methyl sites for hydroxylation is 2. The molecule has 20 heavy (non-hydrogen) atoms. The first-order valence-corrected chi connectivity index (χ1v) is 8.36. The molecule has 0 N–H and O–H groups in total. The van der Waals surface area contributed by atoms with E-state index >= 15 is 0 Å². The summed E-state index contributed by atoms with van der Waals surface area (Å²) in [7, 11) is 0. The predicted molar refractivity (Wildman–Crippen MR) is 84.9 cm³/mol. The zero-order valence-corrected chi connectivity index (χ0v) is 13.4. The number of benzene rings is 1. The van der Waals surface area contributed by atoms with Crippen LogP contribution >= 0.6 is 27.3 Å². The largest absolute Gasteiger partial charge is 0.485 e. The molecule has 1 aliphatic carbocycles. The lowest BCUT2D eigenvalue weighted by Crippen LogP contribution is -2.11. The van der Waals surface area contributed by atoms with Gasteiger partial charge in [0.1, 0.15) is 5.75 Å². The number of Topliss-reactive ketones (excluding diaryl/α,β-unsaturated/α-hetero) is 1. The summed E-state index contributed by atoms with van der Waals surface area (Å²) in [6.45, 7) is 0.103. The number of hydrogen-bond acceptors (Lipinski definition) is 3. The molecule has 0 amide bonds. The Morgan fingerprint density at radius 3 is 2.70 bits per heavy atom. The fourth-order valence-electron chi connectivity index (χ4n) is 2.48. The molecule has 0 atom stereocenters. The minimum Gasteiger partial charge on any atom is -0.485 e. The van der Waals surface area contributed by atoms with Crippen LogP contribution in [0.15, 0.2) is 34.1 Å². The second kappa shape index (κ2) is 6.10. The number of thiophene rings is 1. The number of halogens is 1. The minimum absolute atomic E-state index is 0.0263. The van der Waals surface area contributed by atoms with E-state index in [1.165, 1.54) is 35.3 Å². The van der Waals surface area contributed by atoms with Crippen molar-refractivity contribution < 1.29 is 9.53 Å². The Morgan fingerprint density at radius 2 is 1.95 bits per heavy atom. The van der Waals surface area contributed by atoms with Crippen LogP contribution in [-0.4, -0.2) is 12.4 Å². The summed E-state index contributed by atoms with van der Waals surface area (Å²) in [6.07, 6.45) is 4.81. The first-order valence-electron chi connectivity index (χ1n) is 6.75. The molecule has 0 bridgehead atoms. The standard InChI is InChI=1S/C16H15BrO2S/c17-16-8-7-15(20-16)14(18)10-19-13-6-5-11-3-1-2-4-12(11)9-13/h5-9H,1-4,10H2. The van der Waals surface area contributed by atoms with E-state index in [0.717, 1.165) is 27.3 Å². The topological polar surface area (TPSA) is 26.3 Å². The molecule has 0 saturated carbocycles. The summed E-state index contributed by atoms with van der Waals surface area (Å²) in [4.78, 5) is 12.7. The van der Waals surface area contributed by atoms with Crippen molar-refractivity contribution in [2.75, 3.05) is 6.61 Å². The van der Waals surface area contributed by atoms with Crippen LogP contribution in [0.1, 0.15) is 33.6 Å². The quantitative estimate of drug-likeness (QED) is 0.750.